The summed E-state index contributed by atoms with van der Waals surface area (Å²) in [5.74, 6) is -0.239. The fraction of sp³-hybridized carbons (Fsp3) is 0.250. The molecular formula is C24H24BrN2O4PS. The van der Waals surface area contributed by atoms with Gasteiger partial charge in [0.05, 0.1) is 42.0 Å². The predicted molar refractivity (Wildman–Crippen MR) is 135 cm³/mol. The van der Waals surface area contributed by atoms with Crippen LogP contribution >= 0.6 is 34.9 Å². The molecule has 172 valence electrons. The fourth-order valence-electron chi connectivity index (χ4n) is 3.29. The van der Waals surface area contributed by atoms with Gasteiger partial charge < -0.3 is 13.9 Å². The lowest BCUT2D eigenvalue weighted by molar-refractivity contribution is 0.0989. The topological polar surface area (TPSA) is 79.6 Å². The lowest BCUT2D eigenvalue weighted by atomic mass is 10.1. The summed E-state index contributed by atoms with van der Waals surface area (Å²) in [7, 11) is -3.28. The lowest BCUT2D eigenvalue weighted by Gasteiger charge is -2.23. The summed E-state index contributed by atoms with van der Waals surface area (Å²) in [4.78, 5) is 16.4. The van der Waals surface area contributed by atoms with E-state index in [1.54, 1.807) is 43.0 Å². The number of rotatable bonds is 10. The van der Waals surface area contributed by atoms with Crippen LogP contribution < -0.4 is 4.90 Å². The Bertz CT molecular complexity index is 1180. The Morgan fingerprint density at radius 1 is 1.09 bits per heavy atom. The third kappa shape index (κ3) is 6.63. The zero-order chi connectivity index (χ0) is 23.8. The van der Waals surface area contributed by atoms with Gasteiger partial charge in [-0.05, 0) is 49.7 Å². The van der Waals surface area contributed by atoms with E-state index in [4.69, 9.17) is 9.05 Å². The van der Waals surface area contributed by atoms with Gasteiger partial charge in [0.2, 0.25) is 0 Å². The summed E-state index contributed by atoms with van der Waals surface area (Å²) in [6.45, 7) is 4.39. The van der Waals surface area contributed by atoms with Crippen LogP contribution in [0, 0.1) is 11.3 Å². The van der Waals surface area contributed by atoms with E-state index in [-0.39, 0.29) is 25.3 Å². The van der Waals surface area contributed by atoms with E-state index >= 15 is 0 Å². The first-order valence-corrected chi connectivity index (χ1v) is 13.7. The molecule has 0 N–H and O–H groups in total. The standard InChI is InChI=1S/C24H24BrN2O4PS/c1-3-30-32(29,31-4-2)17-21-11-13-23(33-21)24(28)27(16-18-8-6-5-7-9-18)22-12-10-20(25)14-19(22)15-26/h5-14H,3-4,16-17H2,1-2H3. The molecule has 0 aliphatic heterocycles. The molecule has 6 nitrogen and oxygen atoms in total. The number of carbonyl (C=O) groups excluding carboxylic acids is 1. The number of anilines is 1. The minimum absolute atomic E-state index is 0.104. The van der Waals surface area contributed by atoms with Crippen molar-refractivity contribution in [3.63, 3.8) is 0 Å². The predicted octanol–water partition coefficient (Wildman–Crippen LogP) is 7.00. The molecule has 9 heteroatoms. The number of benzene rings is 2. The van der Waals surface area contributed by atoms with Crippen LogP contribution in [0.3, 0.4) is 0 Å². The van der Waals surface area contributed by atoms with E-state index in [1.807, 2.05) is 36.4 Å². The summed E-state index contributed by atoms with van der Waals surface area (Å²) in [5.41, 5.74) is 1.85. The second kappa shape index (κ2) is 11.7. The second-order valence-corrected chi connectivity index (χ2v) is 11.2. The second-order valence-electron chi connectivity index (χ2n) is 7.02. The highest BCUT2D eigenvalue weighted by molar-refractivity contribution is 9.10. The molecule has 0 unspecified atom stereocenters. The van der Waals surface area contributed by atoms with Gasteiger partial charge in [-0.15, -0.1) is 11.3 Å². The number of thiophene rings is 1. The molecular weight excluding hydrogens is 523 g/mol. The Hall–Kier alpha value is -2.27. The minimum atomic E-state index is -3.28. The summed E-state index contributed by atoms with van der Waals surface area (Å²) in [6, 6.07) is 20.5. The molecule has 0 fully saturated rings. The van der Waals surface area contributed by atoms with Gasteiger partial charge >= 0.3 is 7.60 Å². The Kier molecular flexibility index (Phi) is 9.02. The van der Waals surface area contributed by atoms with E-state index in [9.17, 15) is 14.6 Å². The molecule has 3 rings (SSSR count). The number of nitriles is 1. The van der Waals surface area contributed by atoms with Crippen molar-refractivity contribution in [2.75, 3.05) is 18.1 Å². The normalized spacial score (nSPS) is 11.2. The van der Waals surface area contributed by atoms with Crippen LogP contribution in [0.4, 0.5) is 5.69 Å². The Balaban J connectivity index is 1.94. The highest BCUT2D eigenvalue weighted by atomic mass is 79.9. The van der Waals surface area contributed by atoms with Crippen LogP contribution in [-0.2, 0) is 26.3 Å². The molecule has 0 aliphatic rings. The van der Waals surface area contributed by atoms with Crippen molar-refractivity contribution in [3.05, 3.63) is 86.0 Å². The molecule has 0 spiro atoms. The summed E-state index contributed by atoms with van der Waals surface area (Å²) in [6.07, 6.45) is 0.104. The van der Waals surface area contributed by atoms with Crippen LogP contribution in [0.25, 0.3) is 0 Å². The largest absolute Gasteiger partial charge is 0.335 e. The number of amides is 1. The van der Waals surface area contributed by atoms with Gasteiger partial charge in [0.25, 0.3) is 5.91 Å². The number of carbonyl (C=O) groups is 1. The summed E-state index contributed by atoms with van der Waals surface area (Å²) >= 11 is 4.64. The molecule has 1 aromatic heterocycles. The van der Waals surface area contributed by atoms with Crippen molar-refractivity contribution in [3.8, 4) is 6.07 Å². The highest BCUT2D eigenvalue weighted by Gasteiger charge is 2.27. The first-order chi connectivity index (χ1) is 15.9. The molecule has 3 aromatic rings. The lowest BCUT2D eigenvalue weighted by Crippen LogP contribution is -2.30. The number of halogens is 1. The first kappa shape index (κ1) is 25.4. The van der Waals surface area contributed by atoms with Crippen molar-refractivity contribution in [1.82, 2.24) is 0 Å². The first-order valence-electron chi connectivity index (χ1n) is 10.4. The van der Waals surface area contributed by atoms with Crippen LogP contribution in [0.15, 0.2) is 65.1 Å². The maximum Gasteiger partial charge on any atom is 0.335 e. The summed E-state index contributed by atoms with van der Waals surface area (Å²) < 4.78 is 24.4. The van der Waals surface area contributed by atoms with Crippen LogP contribution in [0.2, 0.25) is 0 Å². The molecule has 0 radical (unpaired) electrons. The number of nitrogens with zero attached hydrogens (tertiary/aromatic N) is 2. The average molecular weight is 547 g/mol. The van der Waals surface area contributed by atoms with E-state index in [0.29, 0.717) is 22.7 Å². The average Bonchev–Trinajstić information content (AvgIpc) is 3.26. The van der Waals surface area contributed by atoms with Crippen molar-refractivity contribution in [2.24, 2.45) is 0 Å². The molecule has 1 amide bonds. The Labute approximate surface area is 206 Å². The Morgan fingerprint density at radius 3 is 2.42 bits per heavy atom. The highest BCUT2D eigenvalue weighted by Crippen LogP contribution is 2.52. The van der Waals surface area contributed by atoms with E-state index in [2.05, 4.69) is 22.0 Å². The van der Waals surface area contributed by atoms with Gasteiger partial charge in [-0.25, -0.2) is 0 Å². The molecule has 2 aromatic carbocycles. The van der Waals surface area contributed by atoms with Crippen LogP contribution in [0.1, 0.15) is 39.5 Å². The quantitative estimate of drug-likeness (QED) is 0.256. The fourth-order valence-corrected chi connectivity index (χ4v) is 6.67. The SMILES string of the molecule is CCOP(=O)(Cc1ccc(C(=O)N(Cc2ccccc2)c2ccc(Br)cc2C#N)s1)OCC. The number of hydrogen-bond acceptors (Lipinski definition) is 6. The maximum atomic E-state index is 13.6. The van der Waals surface area contributed by atoms with Crippen molar-refractivity contribution < 1.29 is 18.4 Å². The monoisotopic (exact) mass is 546 g/mol. The minimum Gasteiger partial charge on any atom is -0.309 e. The summed E-state index contributed by atoms with van der Waals surface area (Å²) in [5, 5.41) is 9.68. The van der Waals surface area contributed by atoms with Crippen LogP contribution in [0.5, 0.6) is 0 Å². The van der Waals surface area contributed by atoms with Gasteiger partial charge in [-0.3, -0.25) is 9.36 Å². The van der Waals surface area contributed by atoms with Crippen molar-refractivity contribution in [1.29, 1.82) is 5.26 Å². The third-order valence-corrected chi connectivity index (χ3v) is 8.48. The van der Waals surface area contributed by atoms with E-state index < -0.39 is 7.60 Å². The zero-order valence-electron chi connectivity index (χ0n) is 18.4. The molecule has 0 bridgehead atoms. The third-order valence-electron chi connectivity index (χ3n) is 4.67. The van der Waals surface area contributed by atoms with Gasteiger partial charge in [-0.2, -0.15) is 5.26 Å². The Morgan fingerprint density at radius 2 is 1.79 bits per heavy atom. The van der Waals surface area contributed by atoms with Crippen molar-refractivity contribution >= 4 is 46.5 Å². The number of hydrogen-bond donors (Lipinski definition) is 0. The maximum absolute atomic E-state index is 13.6. The van der Waals surface area contributed by atoms with Gasteiger partial charge in [-0.1, -0.05) is 46.3 Å². The van der Waals surface area contributed by atoms with Crippen LogP contribution in [-0.4, -0.2) is 19.1 Å². The van der Waals surface area contributed by atoms with Gasteiger partial charge in [0.15, 0.2) is 0 Å². The molecule has 33 heavy (non-hydrogen) atoms. The molecule has 0 atom stereocenters. The van der Waals surface area contributed by atoms with E-state index in [0.717, 1.165) is 14.9 Å². The zero-order valence-corrected chi connectivity index (χ0v) is 21.7. The van der Waals surface area contributed by atoms with Gasteiger partial charge in [0.1, 0.15) is 6.07 Å². The van der Waals surface area contributed by atoms with Gasteiger partial charge in [0, 0.05) is 9.35 Å². The smallest absolute Gasteiger partial charge is 0.309 e. The molecule has 0 saturated carbocycles. The molecule has 0 saturated heterocycles. The van der Waals surface area contributed by atoms with E-state index in [1.165, 1.54) is 11.3 Å². The van der Waals surface area contributed by atoms with Crippen molar-refractivity contribution in [2.45, 2.75) is 26.6 Å². The molecule has 1 heterocycles. The molecule has 0 aliphatic carbocycles.